The third-order valence-electron chi connectivity index (χ3n) is 4.27. The number of halogens is 1. The Bertz CT molecular complexity index is 664. The van der Waals surface area contributed by atoms with E-state index >= 15 is 0 Å². The molecule has 8 heteroatoms. The summed E-state index contributed by atoms with van der Waals surface area (Å²) in [4.78, 5) is 13.4. The fraction of sp³-hybridized carbons (Fsp3) is 0.692. The van der Waals surface area contributed by atoms with E-state index in [2.05, 4.69) is 5.10 Å². The quantitative estimate of drug-likeness (QED) is 0.796. The second kappa shape index (κ2) is 5.08. The third kappa shape index (κ3) is 2.68. The minimum Gasteiger partial charge on any atom is -0.296 e. The summed E-state index contributed by atoms with van der Waals surface area (Å²) in [5.41, 5.74) is 0.774. The average Bonchev–Trinajstić information content (AvgIpc) is 3.06. The number of carbonyl (C=O) groups excluding carboxylic acids is 1. The normalized spacial score (nSPS) is 24.2. The Balaban J connectivity index is 1.92. The highest BCUT2D eigenvalue weighted by Crippen LogP contribution is 2.35. The molecular weight excluding hydrogens is 297 g/mol. The maximum absolute atomic E-state index is 13.1. The molecule has 1 aromatic rings. The van der Waals surface area contributed by atoms with Gasteiger partial charge in [0.05, 0.1) is 11.7 Å². The predicted molar refractivity (Wildman–Crippen MR) is 75.3 cm³/mol. The van der Waals surface area contributed by atoms with Crippen LogP contribution in [0.5, 0.6) is 0 Å². The van der Waals surface area contributed by atoms with Gasteiger partial charge in [0.25, 0.3) is 0 Å². The molecule has 0 bridgehead atoms. The lowest BCUT2D eigenvalue weighted by molar-refractivity contribution is -0.117. The zero-order chi connectivity index (χ0) is 15.2. The molecule has 1 saturated heterocycles. The fourth-order valence-corrected chi connectivity index (χ4v) is 3.88. The van der Waals surface area contributed by atoms with Crippen molar-refractivity contribution < 1.29 is 17.1 Å². The van der Waals surface area contributed by atoms with Crippen molar-refractivity contribution in [1.29, 1.82) is 0 Å². The van der Waals surface area contributed by atoms with Gasteiger partial charge in [0, 0.05) is 19.0 Å². The SMILES string of the molecule is Cc1cc(N2CC(S(=O)(=O)F)CC2=O)n(C2CCCC2)n1. The highest BCUT2D eigenvalue weighted by molar-refractivity contribution is 7.87. The number of amides is 1. The summed E-state index contributed by atoms with van der Waals surface area (Å²) in [6, 6.07) is 2.01. The van der Waals surface area contributed by atoms with Gasteiger partial charge in [-0.2, -0.15) is 13.5 Å². The second-order valence-corrected chi connectivity index (χ2v) is 7.45. The zero-order valence-corrected chi connectivity index (χ0v) is 12.6. The average molecular weight is 315 g/mol. The van der Waals surface area contributed by atoms with E-state index in [1.807, 2.05) is 11.6 Å². The highest BCUT2D eigenvalue weighted by Gasteiger charge is 2.40. The topological polar surface area (TPSA) is 72.3 Å². The van der Waals surface area contributed by atoms with Crippen LogP contribution in [0.1, 0.15) is 43.8 Å². The summed E-state index contributed by atoms with van der Waals surface area (Å²) in [5, 5.41) is 3.17. The Morgan fingerprint density at radius 3 is 2.57 bits per heavy atom. The Labute approximate surface area is 123 Å². The van der Waals surface area contributed by atoms with Crippen molar-refractivity contribution >= 4 is 21.9 Å². The van der Waals surface area contributed by atoms with Crippen LogP contribution < -0.4 is 4.90 Å². The first-order valence-corrected chi connectivity index (χ1v) is 8.61. The highest BCUT2D eigenvalue weighted by atomic mass is 32.3. The molecule has 1 unspecified atom stereocenters. The summed E-state index contributed by atoms with van der Waals surface area (Å²) in [5.74, 6) is 0.232. The first kappa shape index (κ1) is 14.5. The molecule has 1 aliphatic heterocycles. The van der Waals surface area contributed by atoms with Crippen LogP contribution in [0, 0.1) is 6.92 Å². The fourth-order valence-electron chi connectivity index (χ4n) is 3.21. The molecule has 2 aliphatic rings. The van der Waals surface area contributed by atoms with Crippen LogP contribution in [0.4, 0.5) is 9.70 Å². The standard InChI is InChI=1S/C13H18FN3O3S/c1-9-6-12(17(15-9)10-4-2-3-5-10)16-8-11(7-13(16)18)21(14,19)20/h6,10-11H,2-5,7-8H2,1H3. The molecular formula is C13H18FN3O3S. The molecule has 116 valence electrons. The largest absolute Gasteiger partial charge is 0.307 e. The van der Waals surface area contributed by atoms with Gasteiger partial charge in [0.2, 0.25) is 5.91 Å². The van der Waals surface area contributed by atoms with Gasteiger partial charge in [-0.05, 0) is 19.8 Å². The molecule has 0 N–H and O–H groups in total. The van der Waals surface area contributed by atoms with Gasteiger partial charge in [-0.15, -0.1) is 3.89 Å². The molecule has 1 atom stereocenters. The van der Waals surface area contributed by atoms with Gasteiger partial charge in [0.1, 0.15) is 11.1 Å². The van der Waals surface area contributed by atoms with E-state index in [9.17, 15) is 17.1 Å². The van der Waals surface area contributed by atoms with E-state index in [1.165, 1.54) is 4.90 Å². The van der Waals surface area contributed by atoms with Gasteiger partial charge in [0.15, 0.2) is 0 Å². The van der Waals surface area contributed by atoms with E-state index in [4.69, 9.17) is 0 Å². The van der Waals surface area contributed by atoms with E-state index in [0.717, 1.165) is 31.4 Å². The maximum atomic E-state index is 13.1. The van der Waals surface area contributed by atoms with E-state index in [-0.39, 0.29) is 24.9 Å². The number of hydrogen-bond donors (Lipinski definition) is 0. The minimum atomic E-state index is -4.69. The molecule has 2 heterocycles. The number of aromatic nitrogens is 2. The summed E-state index contributed by atoms with van der Waals surface area (Å²) in [6.07, 6.45) is 3.95. The van der Waals surface area contributed by atoms with Crippen LogP contribution in [0.2, 0.25) is 0 Å². The van der Waals surface area contributed by atoms with Crippen LogP contribution in [0.15, 0.2) is 6.07 Å². The number of anilines is 1. The maximum Gasteiger partial charge on any atom is 0.307 e. The van der Waals surface area contributed by atoms with Crippen LogP contribution in [-0.4, -0.2) is 35.9 Å². The lowest BCUT2D eigenvalue weighted by atomic mass is 10.2. The number of carbonyl (C=O) groups is 1. The van der Waals surface area contributed by atoms with Crippen molar-refractivity contribution in [1.82, 2.24) is 9.78 Å². The van der Waals surface area contributed by atoms with Crippen molar-refractivity contribution in [3.63, 3.8) is 0 Å². The van der Waals surface area contributed by atoms with Crippen molar-refractivity contribution in [2.24, 2.45) is 0 Å². The number of rotatable bonds is 3. The van der Waals surface area contributed by atoms with Gasteiger partial charge < -0.3 is 0 Å². The molecule has 1 aliphatic carbocycles. The lowest BCUT2D eigenvalue weighted by Crippen LogP contribution is -2.29. The zero-order valence-electron chi connectivity index (χ0n) is 11.8. The summed E-state index contributed by atoms with van der Waals surface area (Å²) < 4.78 is 37.0. The van der Waals surface area contributed by atoms with E-state index in [1.54, 1.807) is 6.07 Å². The van der Waals surface area contributed by atoms with Gasteiger partial charge in [-0.1, -0.05) is 12.8 Å². The Morgan fingerprint density at radius 1 is 1.33 bits per heavy atom. The van der Waals surface area contributed by atoms with Gasteiger partial charge in [-0.25, -0.2) is 4.68 Å². The monoisotopic (exact) mass is 315 g/mol. The smallest absolute Gasteiger partial charge is 0.296 e. The molecule has 6 nitrogen and oxygen atoms in total. The van der Waals surface area contributed by atoms with Gasteiger partial charge >= 0.3 is 10.2 Å². The number of aryl methyl sites for hydroxylation is 1. The summed E-state index contributed by atoms with van der Waals surface area (Å²) >= 11 is 0. The molecule has 21 heavy (non-hydrogen) atoms. The van der Waals surface area contributed by atoms with Crippen LogP contribution >= 0.6 is 0 Å². The molecule has 2 fully saturated rings. The van der Waals surface area contributed by atoms with E-state index < -0.39 is 15.5 Å². The summed E-state index contributed by atoms with van der Waals surface area (Å²) in [6.45, 7) is 1.70. The van der Waals surface area contributed by atoms with Crippen molar-refractivity contribution in [3.05, 3.63) is 11.8 Å². The molecule has 1 saturated carbocycles. The van der Waals surface area contributed by atoms with Crippen LogP contribution in [-0.2, 0) is 15.0 Å². The molecule has 0 aromatic carbocycles. The predicted octanol–water partition coefficient (Wildman–Crippen LogP) is 1.71. The molecule has 1 amide bonds. The molecule has 0 radical (unpaired) electrons. The second-order valence-electron chi connectivity index (χ2n) is 5.83. The van der Waals surface area contributed by atoms with Crippen LogP contribution in [0.25, 0.3) is 0 Å². The molecule has 0 spiro atoms. The third-order valence-corrected chi connectivity index (χ3v) is 5.39. The lowest BCUT2D eigenvalue weighted by Gasteiger charge is -2.21. The Hall–Kier alpha value is -1.44. The first-order valence-electron chi connectivity index (χ1n) is 7.16. The summed E-state index contributed by atoms with van der Waals surface area (Å²) in [7, 11) is -4.69. The number of hydrogen-bond acceptors (Lipinski definition) is 4. The Morgan fingerprint density at radius 2 is 2.00 bits per heavy atom. The first-order chi connectivity index (χ1) is 9.86. The van der Waals surface area contributed by atoms with Crippen molar-refractivity contribution in [2.45, 2.75) is 50.3 Å². The van der Waals surface area contributed by atoms with Crippen LogP contribution in [0.3, 0.4) is 0 Å². The number of nitrogens with zero attached hydrogens (tertiary/aromatic N) is 3. The van der Waals surface area contributed by atoms with Crippen molar-refractivity contribution in [2.75, 3.05) is 11.4 Å². The molecule has 1 aromatic heterocycles. The minimum absolute atomic E-state index is 0.129. The van der Waals surface area contributed by atoms with E-state index in [0.29, 0.717) is 5.82 Å². The van der Waals surface area contributed by atoms with Gasteiger partial charge in [-0.3, -0.25) is 9.69 Å². The molecule has 3 rings (SSSR count). The van der Waals surface area contributed by atoms with Crippen molar-refractivity contribution in [3.8, 4) is 0 Å². The Kier molecular flexibility index (Phi) is 3.51.